The molecule has 1 aliphatic heterocycles. The van der Waals surface area contributed by atoms with Crippen LogP contribution >= 0.6 is 0 Å². The van der Waals surface area contributed by atoms with E-state index in [1.807, 2.05) is 0 Å². The lowest BCUT2D eigenvalue weighted by atomic mass is 9.98. The third-order valence-corrected chi connectivity index (χ3v) is 3.94. The first-order chi connectivity index (χ1) is 13.1. The van der Waals surface area contributed by atoms with E-state index in [0.717, 1.165) is 12.3 Å². The largest absolute Gasteiger partial charge is 0.444 e. The molecular weight excluding hydrogens is 370 g/mol. The maximum Gasteiger partial charge on any atom is 0.410 e. The van der Waals surface area contributed by atoms with Gasteiger partial charge in [-0.1, -0.05) is 0 Å². The number of nitrogens with one attached hydrogen (secondary N) is 2. The van der Waals surface area contributed by atoms with Crippen molar-refractivity contribution in [3.05, 3.63) is 34.0 Å². The van der Waals surface area contributed by atoms with Crippen molar-refractivity contribution in [1.29, 1.82) is 0 Å². The predicted octanol–water partition coefficient (Wildman–Crippen LogP) is 1.40. The SMILES string of the molecule is CC(C)(C)OC(=O)N1CCC[C@H](C(=O)NNC(=O)c2ccc([N+](=O)[O-])nc2)C1. The van der Waals surface area contributed by atoms with E-state index in [2.05, 4.69) is 15.8 Å². The van der Waals surface area contributed by atoms with Gasteiger partial charge < -0.3 is 19.8 Å². The summed E-state index contributed by atoms with van der Waals surface area (Å²) in [4.78, 5) is 51.4. The van der Waals surface area contributed by atoms with Gasteiger partial charge in [-0.3, -0.25) is 20.4 Å². The Morgan fingerprint density at radius 3 is 2.57 bits per heavy atom. The van der Waals surface area contributed by atoms with Crippen molar-refractivity contribution in [2.75, 3.05) is 13.1 Å². The van der Waals surface area contributed by atoms with E-state index in [1.165, 1.54) is 11.0 Å². The van der Waals surface area contributed by atoms with E-state index >= 15 is 0 Å². The third-order valence-electron chi connectivity index (χ3n) is 3.94. The summed E-state index contributed by atoms with van der Waals surface area (Å²) in [6.45, 7) is 5.99. The van der Waals surface area contributed by atoms with E-state index in [9.17, 15) is 24.5 Å². The number of nitrogens with zero attached hydrogens (tertiary/aromatic N) is 3. The molecule has 1 fully saturated rings. The maximum absolute atomic E-state index is 12.3. The van der Waals surface area contributed by atoms with Gasteiger partial charge in [0.2, 0.25) is 5.91 Å². The molecule has 0 spiro atoms. The van der Waals surface area contributed by atoms with Crippen LogP contribution in [0.15, 0.2) is 18.3 Å². The van der Waals surface area contributed by atoms with Crippen molar-refractivity contribution in [2.24, 2.45) is 5.92 Å². The number of amides is 3. The summed E-state index contributed by atoms with van der Waals surface area (Å²) in [6.07, 6.45) is 1.77. The number of piperidine rings is 1. The van der Waals surface area contributed by atoms with Crippen LogP contribution in [0.3, 0.4) is 0 Å². The molecule has 152 valence electrons. The summed E-state index contributed by atoms with van der Waals surface area (Å²) in [7, 11) is 0. The Labute approximate surface area is 161 Å². The van der Waals surface area contributed by atoms with Gasteiger partial charge in [-0.25, -0.2) is 4.79 Å². The minimum atomic E-state index is -0.678. The summed E-state index contributed by atoms with van der Waals surface area (Å²) < 4.78 is 5.32. The van der Waals surface area contributed by atoms with Gasteiger partial charge >= 0.3 is 11.9 Å². The highest BCUT2D eigenvalue weighted by Gasteiger charge is 2.31. The lowest BCUT2D eigenvalue weighted by Gasteiger charge is -2.33. The Balaban J connectivity index is 1.87. The lowest BCUT2D eigenvalue weighted by molar-refractivity contribution is -0.389. The molecule has 11 heteroatoms. The van der Waals surface area contributed by atoms with Crippen molar-refractivity contribution in [3.8, 4) is 0 Å². The Morgan fingerprint density at radius 1 is 1.29 bits per heavy atom. The smallest absolute Gasteiger partial charge is 0.410 e. The number of carbonyl (C=O) groups excluding carboxylic acids is 3. The van der Waals surface area contributed by atoms with Gasteiger partial charge in [0, 0.05) is 19.2 Å². The molecule has 1 aromatic heterocycles. The molecule has 2 rings (SSSR count). The number of rotatable bonds is 3. The molecule has 0 aromatic carbocycles. The molecule has 1 atom stereocenters. The van der Waals surface area contributed by atoms with Crippen molar-refractivity contribution >= 4 is 23.7 Å². The second-order valence-corrected chi connectivity index (χ2v) is 7.37. The topological polar surface area (TPSA) is 144 Å². The van der Waals surface area contributed by atoms with Gasteiger partial charge in [0.1, 0.15) is 5.60 Å². The lowest BCUT2D eigenvalue weighted by Crippen LogP contribution is -2.50. The first-order valence-electron chi connectivity index (χ1n) is 8.75. The zero-order valence-corrected chi connectivity index (χ0v) is 15.9. The van der Waals surface area contributed by atoms with Crippen LogP contribution in [0.5, 0.6) is 0 Å². The molecule has 3 amide bonds. The highest BCUT2D eigenvalue weighted by atomic mass is 16.6. The van der Waals surface area contributed by atoms with E-state index in [-0.39, 0.29) is 17.9 Å². The molecule has 0 unspecified atom stereocenters. The quantitative estimate of drug-likeness (QED) is 0.583. The van der Waals surface area contributed by atoms with Crippen LogP contribution < -0.4 is 10.9 Å². The van der Waals surface area contributed by atoms with Crippen LogP contribution in [0.25, 0.3) is 0 Å². The van der Waals surface area contributed by atoms with Gasteiger partial charge in [0.25, 0.3) is 5.91 Å². The molecular formula is C17H23N5O6. The molecule has 1 saturated heterocycles. The zero-order chi connectivity index (χ0) is 20.9. The standard InChI is InChI=1S/C17H23N5O6/c1-17(2,3)28-16(25)21-8-4-5-12(10-21)15(24)20-19-14(23)11-6-7-13(18-9-11)22(26)27/h6-7,9,12H,4-5,8,10H2,1-3H3,(H,19,23)(H,20,24)/t12-/m0/s1. The normalized spacial score (nSPS) is 16.8. The fraction of sp³-hybridized carbons (Fsp3) is 0.529. The Hall–Kier alpha value is -3.24. The second kappa shape index (κ2) is 8.63. The number of hydrogen-bond donors (Lipinski definition) is 2. The van der Waals surface area contributed by atoms with Gasteiger partial charge in [0.15, 0.2) is 6.20 Å². The number of hydrogen-bond acceptors (Lipinski definition) is 7. The maximum atomic E-state index is 12.3. The number of pyridine rings is 1. The number of carbonyl (C=O) groups is 3. The highest BCUT2D eigenvalue weighted by Crippen LogP contribution is 2.19. The highest BCUT2D eigenvalue weighted by molar-refractivity contribution is 5.95. The minimum absolute atomic E-state index is 0.0601. The molecule has 2 heterocycles. The van der Waals surface area contributed by atoms with Crippen molar-refractivity contribution < 1.29 is 24.0 Å². The molecule has 0 bridgehead atoms. The first kappa shape index (κ1) is 21.1. The molecule has 1 aromatic rings. The number of aromatic nitrogens is 1. The van der Waals surface area contributed by atoms with Crippen LogP contribution in [0.1, 0.15) is 44.0 Å². The number of nitro groups is 1. The molecule has 28 heavy (non-hydrogen) atoms. The van der Waals surface area contributed by atoms with Crippen molar-refractivity contribution in [1.82, 2.24) is 20.7 Å². The summed E-state index contributed by atoms with van der Waals surface area (Å²) in [6, 6.07) is 2.33. The minimum Gasteiger partial charge on any atom is -0.444 e. The van der Waals surface area contributed by atoms with Gasteiger partial charge in [-0.2, -0.15) is 0 Å². The fourth-order valence-electron chi connectivity index (χ4n) is 2.60. The first-order valence-corrected chi connectivity index (χ1v) is 8.75. The average Bonchev–Trinajstić information content (AvgIpc) is 2.64. The van der Waals surface area contributed by atoms with Crippen molar-refractivity contribution in [2.45, 2.75) is 39.2 Å². The number of hydrazine groups is 1. The van der Waals surface area contributed by atoms with Crippen LogP contribution in [0.4, 0.5) is 10.6 Å². The van der Waals surface area contributed by atoms with E-state index in [1.54, 1.807) is 20.8 Å². The molecule has 0 radical (unpaired) electrons. The number of ether oxygens (including phenoxy) is 1. The summed E-state index contributed by atoms with van der Waals surface area (Å²) >= 11 is 0. The van der Waals surface area contributed by atoms with E-state index in [4.69, 9.17) is 4.74 Å². The fourth-order valence-corrected chi connectivity index (χ4v) is 2.60. The van der Waals surface area contributed by atoms with Gasteiger partial charge in [-0.05, 0) is 49.6 Å². The Morgan fingerprint density at radius 2 is 2.00 bits per heavy atom. The molecule has 0 aliphatic carbocycles. The third kappa shape index (κ3) is 5.89. The van der Waals surface area contributed by atoms with Crippen molar-refractivity contribution in [3.63, 3.8) is 0 Å². The number of likely N-dealkylation sites (tertiary alicyclic amines) is 1. The Kier molecular flexibility index (Phi) is 6.49. The second-order valence-electron chi connectivity index (χ2n) is 7.37. The van der Waals surface area contributed by atoms with E-state index < -0.39 is 34.3 Å². The molecule has 1 aliphatic rings. The molecule has 2 N–H and O–H groups in total. The van der Waals surface area contributed by atoms with Crippen LogP contribution in [-0.4, -0.2) is 51.4 Å². The van der Waals surface area contributed by atoms with Gasteiger partial charge in [-0.15, -0.1) is 0 Å². The molecule has 0 saturated carbocycles. The van der Waals surface area contributed by atoms with Crippen LogP contribution in [0, 0.1) is 16.0 Å². The van der Waals surface area contributed by atoms with Gasteiger partial charge in [0.05, 0.1) is 11.5 Å². The monoisotopic (exact) mass is 393 g/mol. The summed E-state index contributed by atoms with van der Waals surface area (Å²) in [5.74, 6) is -1.96. The summed E-state index contributed by atoms with van der Waals surface area (Å²) in [5, 5.41) is 10.6. The zero-order valence-electron chi connectivity index (χ0n) is 15.9. The van der Waals surface area contributed by atoms with E-state index in [0.29, 0.717) is 19.4 Å². The van der Waals surface area contributed by atoms with Crippen LogP contribution in [0.2, 0.25) is 0 Å². The summed E-state index contributed by atoms with van der Waals surface area (Å²) in [5.41, 5.74) is 3.99. The average molecular weight is 393 g/mol. The Bertz CT molecular complexity index is 758. The predicted molar refractivity (Wildman–Crippen MR) is 97.0 cm³/mol. The van der Waals surface area contributed by atoms with Crippen LogP contribution in [-0.2, 0) is 9.53 Å². The molecule has 11 nitrogen and oxygen atoms in total.